The van der Waals surface area contributed by atoms with Gasteiger partial charge in [-0.1, -0.05) is 6.07 Å². The Morgan fingerprint density at radius 2 is 2.12 bits per heavy atom. The summed E-state index contributed by atoms with van der Waals surface area (Å²) < 4.78 is 1.93. The summed E-state index contributed by atoms with van der Waals surface area (Å²) in [6.45, 7) is 2.38. The zero-order valence-electron chi connectivity index (χ0n) is 13.8. The molecule has 0 bridgehead atoms. The molecule has 2 heterocycles. The van der Waals surface area contributed by atoms with E-state index in [2.05, 4.69) is 4.99 Å². The normalized spacial score (nSPS) is 17.7. The van der Waals surface area contributed by atoms with Crippen LogP contribution in [0.25, 0.3) is 6.08 Å². The van der Waals surface area contributed by atoms with Gasteiger partial charge in [0.05, 0.1) is 16.2 Å². The summed E-state index contributed by atoms with van der Waals surface area (Å²) in [5.74, 6) is -1.10. The number of carbonyl (C=O) groups excluding carboxylic acids is 1. The summed E-state index contributed by atoms with van der Waals surface area (Å²) in [4.78, 5) is 30.4. The van der Waals surface area contributed by atoms with E-state index in [0.717, 1.165) is 5.69 Å². The molecular formula is C18H17N3O3S. The van der Waals surface area contributed by atoms with E-state index in [1.165, 1.54) is 23.9 Å². The van der Waals surface area contributed by atoms with Crippen LogP contribution in [0.1, 0.15) is 23.0 Å². The van der Waals surface area contributed by atoms with Crippen molar-refractivity contribution >= 4 is 40.6 Å². The Bertz CT molecular complexity index is 898. The highest BCUT2D eigenvalue weighted by atomic mass is 32.2. The molecule has 0 radical (unpaired) electrons. The van der Waals surface area contributed by atoms with Gasteiger partial charge in [0.25, 0.3) is 5.91 Å². The Hall–Kier alpha value is -2.80. The second-order valence-corrected chi connectivity index (χ2v) is 6.46. The van der Waals surface area contributed by atoms with Crippen molar-refractivity contribution in [1.29, 1.82) is 0 Å². The van der Waals surface area contributed by atoms with E-state index in [0.29, 0.717) is 22.3 Å². The van der Waals surface area contributed by atoms with Gasteiger partial charge in [0.15, 0.2) is 5.17 Å². The topological polar surface area (TPSA) is 74.9 Å². The van der Waals surface area contributed by atoms with Crippen molar-refractivity contribution in [3.05, 3.63) is 58.8 Å². The number of rotatable bonds is 4. The molecule has 0 saturated carbocycles. The smallest absolute Gasteiger partial charge is 0.335 e. The lowest BCUT2D eigenvalue weighted by atomic mass is 10.2. The molecule has 1 amide bonds. The molecule has 2 aromatic rings. The van der Waals surface area contributed by atoms with Crippen LogP contribution in [-0.4, -0.2) is 38.2 Å². The third-order valence-electron chi connectivity index (χ3n) is 3.79. The maximum Gasteiger partial charge on any atom is 0.335 e. The van der Waals surface area contributed by atoms with Crippen LogP contribution < -0.4 is 0 Å². The van der Waals surface area contributed by atoms with Gasteiger partial charge in [-0.15, -0.1) is 0 Å². The number of benzene rings is 1. The van der Waals surface area contributed by atoms with Gasteiger partial charge in [-0.25, -0.2) is 9.79 Å². The SMILES string of the molecule is CCN1C(=O)/C(=C\c2cccn2C)SC1=Nc1cccc(C(=O)O)c1. The van der Waals surface area contributed by atoms with E-state index in [9.17, 15) is 9.59 Å². The number of carbonyl (C=O) groups is 2. The minimum Gasteiger partial charge on any atom is -0.478 e. The molecule has 0 atom stereocenters. The molecule has 1 fully saturated rings. The van der Waals surface area contributed by atoms with E-state index in [-0.39, 0.29) is 11.5 Å². The Morgan fingerprint density at radius 3 is 2.76 bits per heavy atom. The van der Waals surface area contributed by atoms with Crippen molar-refractivity contribution in [3.63, 3.8) is 0 Å². The van der Waals surface area contributed by atoms with Crippen molar-refractivity contribution in [3.8, 4) is 0 Å². The highest BCUT2D eigenvalue weighted by Gasteiger charge is 2.32. The fourth-order valence-electron chi connectivity index (χ4n) is 2.45. The molecule has 3 rings (SSSR count). The number of carboxylic acids is 1. The lowest BCUT2D eigenvalue weighted by molar-refractivity contribution is -0.122. The minimum absolute atomic E-state index is 0.0955. The molecule has 1 aromatic carbocycles. The predicted octanol–water partition coefficient (Wildman–Crippen LogP) is 3.35. The van der Waals surface area contributed by atoms with E-state index in [1.807, 2.05) is 42.9 Å². The number of amides is 1. The summed E-state index contributed by atoms with van der Waals surface area (Å²) in [5, 5.41) is 9.64. The van der Waals surface area contributed by atoms with Crippen molar-refractivity contribution in [2.24, 2.45) is 12.0 Å². The average molecular weight is 355 g/mol. The first-order valence-electron chi connectivity index (χ1n) is 7.74. The number of thioether (sulfide) groups is 1. The molecule has 6 nitrogen and oxygen atoms in total. The van der Waals surface area contributed by atoms with E-state index < -0.39 is 5.97 Å². The third kappa shape index (κ3) is 3.51. The standard InChI is InChI=1S/C18H17N3O3S/c1-3-21-16(22)15(11-14-8-5-9-20(14)2)25-18(21)19-13-7-4-6-12(10-13)17(23)24/h4-11H,3H2,1-2H3,(H,23,24)/b15-11+,19-18?. The molecule has 0 unspecified atom stereocenters. The first-order valence-corrected chi connectivity index (χ1v) is 8.56. The lowest BCUT2D eigenvalue weighted by Crippen LogP contribution is -2.28. The van der Waals surface area contributed by atoms with Crippen LogP contribution in [-0.2, 0) is 11.8 Å². The van der Waals surface area contributed by atoms with Crippen LogP contribution in [0.2, 0.25) is 0 Å². The minimum atomic E-state index is -1.01. The summed E-state index contributed by atoms with van der Waals surface area (Å²) in [6.07, 6.45) is 3.76. The largest absolute Gasteiger partial charge is 0.478 e. The number of aryl methyl sites for hydroxylation is 1. The molecule has 1 saturated heterocycles. The molecule has 1 N–H and O–H groups in total. The van der Waals surface area contributed by atoms with Gasteiger partial charge in [-0.3, -0.25) is 9.69 Å². The Labute approximate surface area is 149 Å². The number of carboxylic acid groups (broad SMARTS) is 1. The summed E-state index contributed by atoms with van der Waals surface area (Å²) in [7, 11) is 1.92. The summed E-state index contributed by atoms with van der Waals surface area (Å²) >= 11 is 1.29. The molecule has 0 aliphatic carbocycles. The molecular weight excluding hydrogens is 338 g/mol. The van der Waals surface area contributed by atoms with Gasteiger partial charge < -0.3 is 9.67 Å². The van der Waals surface area contributed by atoms with Gasteiger partial charge in [-0.05, 0) is 55.1 Å². The van der Waals surface area contributed by atoms with E-state index in [4.69, 9.17) is 5.11 Å². The van der Waals surface area contributed by atoms with Crippen LogP contribution in [0.3, 0.4) is 0 Å². The predicted molar refractivity (Wildman–Crippen MR) is 98.9 cm³/mol. The Morgan fingerprint density at radius 1 is 1.32 bits per heavy atom. The van der Waals surface area contributed by atoms with Gasteiger partial charge in [0.2, 0.25) is 0 Å². The van der Waals surface area contributed by atoms with Crippen LogP contribution in [0.5, 0.6) is 0 Å². The van der Waals surface area contributed by atoms with E-state index >= 15 is 0 Å². The second-order valence-electron chi connectivity index (χ2n) is 5.45. The average Bonchev–Trinajstić information content (AvgIpc) is 3.12. The first-order chi connectivity index (χ1) is 12.0. The fourth-order valence-corrected chi connectivity index (χ4v) is 3.49. The van der Waals surface area contributed by atoms with Gasteiger partial charge in [-0.2, -0.15) is 0 Å². The van der Waals surface area contributed by atoms with Crippen molar-refractivity contribution in [2.45, 2.75) is 6.92 Å². The lowest BCUT2D eigenvalue weighted by Gasteiger charge is -2.12. The quantitative estimate of drug-likeness (QED) is 0.854. The third-order valence-corrected chi connectivity index (χ3v) is 4.79. The zero-order valence-corrected chi connectivity index (χ0v) is 14.7. The van der Waals surface area contributed by atoms with E-state index in [1.54, 1.807) is 17.0 Å². The number of aliphatic imine (C=N–C) groups is 1. The number of likely N-dealkylation sites (N-methyl/N-ethyl adjacent to an activating group) is 1. The van der Waals surface area contributed by atoms with Crippen LogP contribution in [0, 0.1) is 0 Å². The van der Waals surface area contributed by atoms with Crippen molar-refractivity contribution in [2.75, 3.05) is 6.54 Å². The number of amidine groups is 1. The summed E-state index contributed by atoms with van der Waals surface area (Å²) in [5.41, 5.74) is 1.61. The first kappa shape index (κ1) is 17.0. The summed E-state index contributed by atoms with van der Waals surface area (Å²) in [6, 6.07) is 10.2. The van der Waals surface area contributed by atoms with Gasteiger partial charge in [0.1, 0.15) is 0 Å². The van der Waals surface area contributed by atoms with Crippen LogP contribution in [0.15, 0.2) is 52.5 Å². The number of aromatic nitrogens is 1. The molecule has 1 aromatic heterocycles. The molecule has 1 aliphatic rings. The van der Waals surface area contributed by atoms with Gasteiger partial charge in [0, 0.05) is 25.5 Å². The Kier molecular flexibility index (Phi) is 4.76. The highest BCUT2D eigenvalue weighted by Crippen LogP contribution is 2.34. The maximum atomic E-state index is 12.6. The van der Waals surface area contributed by atoms with Crippen molar-refractivity contribution < 1.29 is 14.7 Å². The maximum absolute atomic E-state index is 12.6. The molecule has 0 spiro atoms. The zero-order chi connectivity index (χ0) is 18.0. The number of aromatic carboxylic acids is 1. The molecule has 1 aliphatic heterocycles. The van der Waals surface area contributed by atoms with Crippen LogP contribution >= 0.6 is 11.8 Å². The molecule has 25 heavy (non-hydrogen) atoms. The second kappa shape index (κ2) is 6.98. The monoisotopic (exact) mass is 355 g/mol. The number of hydrogen-bond acceptors (Lipinski definition) is 4. The number of nitrogens with zero attached hydrogens (tertiary/aromatic N) is 3. The molecule has 7 heteroatoms. The number of hydrogen-bond donors (Lipinski definition) is 1. The highest BCUT2D eigenvalue weighted by molar-refractivity contribution is 8.18. The molecule has 128 valence electrons. The van der Waals surface area contributed by atoms with Crippen molar-refractivity contribution in [1.82, 2.24) is 9.47 Å². The Balaban J connectivity index is 1.95. The fraction of sp³-hybridized carbons (Fsp3) is 0.167. The van der Waals surface area contributed by atoms with Gasteiger partial charge >= 0.3 is 5.97 Å². The van der Waals surface area contributed by atoms with Crippen LogP contribution in [0.4, 0.5) is 5.69 Å².